The average Bonchev–Trinajstić information content (AvgIpc) is 2.96. The number of pyridine rings is 1. The summed E-state index contributed by atoms with van der Waals surface area (Å²) in [6, 6.07) is 13.1. The van der Waals surface area contributed by atoms with Crippen molar-refractivity contribution in [2.24, 2.45) is 0 Å². The number of halogens is 1. The number of fused-ring (bicyclic) bond motifs is 2. The molecule has 1 atom stereocenters. The second-order valence-electron chi connectivity index (χ2n) is 8.99. The number of amides is 1. The van der Waals surface area contributed by atoms with Gasteiger partial charge in [-0.2, -0.15) is 4.98 Å². The highest BCUT2D eigenvalue weighted by Gasteiger charge is 2.30. The summed E-state index contributed by atoms with van der Waals surface area (Å²) in [5.41, 5.74) is 4.14. The molecule has 1 aliphatic heterocycles. The van der Waals surface area contributed by atoms with Crippen LogP contribution in [0.1, 0.15) is 35.7 Å². The molecule has 1 amide bonds. The van der Waals surface area contributed by atoms with Crippen molar-refractivity contribution in [2.75, 3.05) is 12.4 Å². The van der Waals surface area contributed by atoms with Crippen molar-refractivity contribution >= 4 is 23.4 Å². The molecule has 0 bridgehead atoms. The van der Waals surface area contributed by atoms with Crippen LogP contribution in [-0.2, 0) is 17.8 Å². The van der Waals surface area contributed by atoms with Crippen LogP contribution in [0.2, 0.25) is 0 Å². The number of ether oxygens (including phenoxy) is 2. The van der Waals surface area contributed by atoms with Crippen LogP contribution in [0.25, 0.3) is 11.4 Å². The number of nitrogens with zero attached hydrogens (tertiary/aromatic N) is 3. The Balaban J connectivity index is 1.55. The van der Waals surface area contributed by atoms with Gasteiger partial charge in [0.05, 0.1) is 30.2 Å². The predicted molar refractivity (Wildman–Crippen MR) is 147 cm³/mol. The summed E-state index contributed by atoms with van der Waals surface area (Å²) in [7, 11) is 1.59. The number of benzene rings is 2. The Bertz CT molecular complexity index is 1530. The Labute approximate surface area is 229 Å². The Hall–Kier alpha value is -4.02. The first kappa shape index (κ1) is 26.6. The van der Waals surface area contributed by atoms with Gasteiger partial charge in [-0.25, -0.2) is 9.37 Å². The minimum absolute atomic E-state index is 0.183. The molecule has 2 N–H and O–H groups in total. The molecule has 2 aromatic carbocycles. The minimum atomic E-state index is -0.495. The zero-order chi connectivity index (χ0) is 27.5. The zero-order valence-corrected chi connectivity index (χ0v) is 22.5. The number of aromatic nitrogens is 3. The highest BCUT2D eigenvalue weighted by atomic mass is 32.2. The molecule has 200 valence electrons. The highest BCUT2D eigenvalue weighted by Crippen LogP contribution is 2.43. The molecule has 3 heterocycles. The first-order chi connectivity index (χ1) is 18.9. The maximum atomic E-state index is 13.3. The molecular formula is C29H27FN4O4S. The second kappa shape index (κ2) is 11.4. The SMILES string of the molecule is CC[C@H](Sc1nc(-c2cccc(OC)c2)nc2c1Cc1c(CO)cnc(C)c1O2)C(=O)Nc1ccc(F)cc1. The van der Waals surface area contributed by atoms with Gasteiger partial charge in [0.2, 0.25) is 11.8 Å². The van der Waals surface area contributed by atoms with Crippen molar-refractivity contribution in [3.8, 4) is 28.8 Å². The average molecular weight is 547 g/mol. The molecule has 0 spiro atoms. The number of rotatable bonds is 8. The van der Waals surface area contributed by atoms with Crippen molar-refractivity contribution < 1.29 is 23.8 Å². The maximum Gasteiger partial charge on any atom is 0.237 e. The van der Waals surface area contributed by atoms with Crippen molar-refractivity contribution in [1.82, 2.24) is 15.0 Å². The Kier molecular flexibility index (Phi) is 7.76. The normalized spacial score (nSPS) is 12.6. The lowest BCUT2D eigenvalue weighted by Crippen LogP contribution is -2.25. The predicted octanol–water partition coefficient (Wildman–Crippen LogP) is 5.69. The number of hydrogen-bond acceptors (Lipinski definition) is 8. The number of methoxy groups -OCH3 is 1. The first-order valence-corrected chi connectivity index (χ1v) is 13.3. The number of aliphatic hydroxyl groups is 1. The highest BCUT2D eigenvalue weighted by molar-refractivity contribution is 8.00. The van der Waals surface area contributed by atoms with E-state index in [1.54, 1.807) is 13.3 Å². The summed E-state index contributed by atoms with van der Waals surface area (Å²) in [6.07, 6.45) is 2.58. The van der Waals surface area contributed by atoms with Crippen LogP contribution in [0.3, 0.4) is 0 Å². The molecule has 0 saturated carbocycles. The Morgan fingerprint density at radius 2 is 2.00 bits per heavy atom. The summed E-state index contributed by atoms with van der Waals surface area (Å²) in [5, 5.41) is 12.9. The monoisotopic (exact) mass is 546 g/mol. The molecule has 0 radical (unpaired) electrons. The quantitative estimate of drug-likeness (QED) is 0.189. The van der Waals surface area contributed by atoms with E-state index in [2.05, 4.69) is 10.3 Å². The molecule has 2 aromatic heterocycles. The van der Waals surface area contributed by atoms with Gasteiger partial charge in [0, 0.05) is 35.0 Å². The molecule has 0 saturated heterocycles. The van der Waals surface area contributed by atoms with E-state index in [4.69, 9.17) is 19.4 Å². The van der Waals surface area contributed by atoms with Crippen LogP contribution in [0.15, 0.2) is 59.8 Å². The third-order valence-electron chi connectivity index (χ3n) is 6.42. The number of hydrogen-bond donors (Lipinski definition) is 2. The van der Waals surface area contributed by atoms with Gasteiger partial charge in [-0.3, -0.25) is 9.78 Å². The van der Waals surface area contributed by atoms with E-state index in [9.17, 15) is 14.3 Å². The van der Waals surface area contributed by atoms with Crippen molar-refractivity contribution in [1.29, 1.82) is 0 Å². The van der Waals surface area contributed by atoms with Gasteiger partial charge >= 0.3 is 0 Å². The number of carbonyl (C=O) groups is 1. The van der Waals surface area contributed by atoms with Crippen LogP contribution in [0.5, 0.6) is 17.4 Å². The van der Waals surface area contributed by atoms with Crippen molar-refractivity contribution in [3.05, 3.63) is 82.9 Å². The summed E-state index contributed by atoms with van der Waals surface area (Å²) in [5.74, 6) is 1.44. The summed E-state index contributed by atoms with van der Waals surface area (Å²) in [4.78, 5) is 27.2. The summed E-state index contributed by atoms with van der Waals surface area (Å²) < 4.78 is 25.0. The molecular weight excluding hydrogens is 519 g/mol. The smallest absolute Gasteiger partial charge is 0.237 e. The Morgan fingerprint density at radius 1 is 1.21 bits per heavy atom. The third kappa shape index (κ3) is 5.57. The van der Waals surface area contributed by atoms with Crippen molar-refractivity contribution in [3.63, 3.8) is 0 Å². The maximum absolute atomic E-state index is 13.3. The fraction of sp³-hybridized carbons (Fsp3) is 0.241. The van der Waals surface area contributed by atoms with E-state index in [0.29, 0.717) is 58.0 Å². The molecule has 10 heteroatoms. The van der Waals surface area contributed by atoms with Crippen LogP contribution in [0.4, 0.5) is 10.1 Å². The van der Waals surface area contributed by atoms with Crippen LogP contribution < -0.4 is 14.8 Å². The minimum Gasteiger partial charge on any atom is -0.497 e. The number of aryl methyl sites for hydroxylation is 1. The lowest BCUT2D eigenvalue weighted by atomic mass is 9.99. The number of nitrogens with one attached hydrogen (secondary N) is 1. The molecule has 4 aromatic rings. The topological polar surface area (TPSA) is 106 Å². The third-order valence-corrected chi connectivity index (χ3v) is 7.81. The van der Waals surface area contributed by atoms with Gasteiger partial charge in [-0.1, -0.05) is 30.8 Å². The van der Waals surface area contributed by atoms with E-state index < -0.39 is 5.25 Å². The molecule has 1 aliphatic rings. The number of anilines is 1. The van der Waals surface area contributed by atoms with Gasteiger partial charge in [-0.15, -0.1) is 0 Å². The van der Waals surface area contributed by atoms with Crippen LogP contribution in [0, 0.1) is 12.7 Å². The lowest BCUT2D eigenvalue weighted by Gasteiger charge is -2.25. The van der Waals surface area contributed by atoms with E-state index in [1.807, 2.05) is 38.1 Å². The Morgan fingerprint density at radius 3 is 2.72 bits per heavy atom. The molecule has 39 heavy (non-hydrogen) atoms. The zero-order valence-electron chi connectivity index (χ0n) is 21.7. The molecule has 5 rings (SSSR count). The van der Waals surface area contributed by atoms with Crippen molar-refractivity contribution in [2.45, 2.75) is 43.6 Å². The standard InChI is InChI=1S/C29H27FN4O4S/c1-4-24(27(36)32-20-10-8-19(30)9-11-20)39-29-23-13-22-18(15-35)14-31-16(2)25(22)38-28(23)33-26(34-29)17-6-5-7-21(12-17)37-3/h5-12,14,24,35H,4,13,15H2,1-3H3,(H,32,36)/t24-/m0/s1. The van der Waals surface area contributed by atoms with Gasteiger partial charge in [0.1, 0.15) is 16.6 Å². The van der Waals surface area contributed by atoms with E-state index in [0.717, 1.165) is 16.7 Å². The molecule has 0 aliphatic carbocycles. The largest absolute Gasteiger partial charge is 0.497 e. The van der Waals surface area contributed by atoms with Gasteiger partial charge < -0.3 is 19.9 Å². The van der Waals surface area contributed by atoms with Crippen LogP contribution in [-0.4, -0.2) is 38.3 Å². The first-order valence-electron chi connectivity index (χ1n) is 12.4. The van der Waals surface area contributed by atoms with E-state index >= 15 is 0 Å². The molecule has 8 nitrogen and oxygen atoms in total. The summed E-state index contributed by atoms with van der Waals surface area (Å²) >= 11 is 1.32. The number of aliphatic hydroxyl groups excluding tert-OH is 1. The fourth-order valence-corrected chi connectivity index (χ4v) is 5.34. The van der Waals surface area contributed by atoms with Crippen LogP contribution >= 0.6 is 11.8 Å². The van der Waals surface area contributed by atoms with E-state index in [-0.39, 0.29) is 18.3 Å². The molecule has 0 fully saturated rings. The second-order valence-corrected chi connectivity index (χ2v) is 10.2. The number of carbonyl (C=O) groups excluding carboxylic acids is 1. The van der Waals surface area contributed by atoms with Gasteiger partial charge in [0.15, 0.2) is 11.6 Å². The fourth-order valence-electron chi connectivity index (χ4n) is 4.30. The van der Waals surface area contributed by atoms with Gasteiger partial charge in [0.25, 0.3) is 0 Å². The van der Waals surface area contributed by atoms with Gasteiger partial charge in [-0.05, 0) is 49.7 Å². The lowest BCUT2D eigenvalue weighted by molar-refractivity contribution is -0.115. The summed E-state index contributed by atoms with van der Waals surface area (Å²) in [6.45, 7) is 3.58. The van der Waals surface area contributed by atoms with E-state index in [1.165, 1.54) is 36.0 Å². The molecule has 0 unspecified atom stereocenters. The number of thioether (sulfide) groups is 1.